The van der Waals surface area contributed by atoms with E-state index in [-0.39, 0.29) is 5.91 Å². The molecule has 2 aromatic carbocycles. The predicted molar refractivity (Wildman–Crippen MR) is 88.9 cm³/mol. The molecule has 0 heterocycles. The second-order valence-corrected chi connectivity index (χ2v) is 5.58. The maximum atomic E-state index is 12.3. The van der Waals surface area contributed by atoms with Gasteiger partial charge in [-0.3, -0.25) is 4.79 Å². The fraction of sp³-hybridized carbons (Fsp3) is 0.188. The van der Waals surface area contributed by atoms with Gasteiger partial charge >= 0.3 is 0 Å². The summed E-state index contributed by atoms with van der Waals surface area (Å²) < 4.78 is 6.32. The van der Waals surface area contributed by atoms with Gasteiger partial charge in [0.1, 0.15) is 5.75 Å². The Kier molecular flexibility index (Phi) is 4.85. The molecule has 0 saturated carbocycles. The van der Waals surface area contributed by atoms with E-state index in [1.165, 1.54) is 0 Å². The lowest BCUT2D eigenvalue weighted by Gasteiger charge is -2.12. The molecule has 4 nitrogen and oxygen atoms in total. The molecule has 0 aromatic heterocycles. The molecule has 0 aliphatic heterocycles. The molecule has 0 radical (unpaired) electrons. The van der Waals surface area contributed by atoms with Crippen LogP contribution in [0, 0.1) is 6.92 Å². The molecular formula is C16H17BrN2O2. The Morgan fingerprint density at radius 3 is 2.71 bits per heavy atom. The first-order valence-corrected chi connectivity index (χ1v) is 7.39. The van der Waals surface area contributed by atoms with E-state index in [2.05, 4.69) is 21.2 Å². The van der Waals surface area contributed by atoms with E-state index in [1.807, 2.05) is 32.0 Å². The average Bonchev–Trinajstić information content (AvgIpc) is 2.41. The van der Waals surface area contributed by atoms with Crippen molar-refractivity contribution in [1.82, 2.24) is 0 Å². The fourth-order valence-electron chi connectivity index (χ4n) is 1.95. The van der Waals surface area contributed by atoms with Gasteiger partial charge in [0.05, 0.1) is 12.3 Å². The third-order valence-electron chi connectivity index (χ3n) is 2.87. The fourth-order valence-corrected chi connectivity index (χ4v) is 2.46. The number of amides is 1. The number of carbonyl (C=O) groups is 1. The standard InChI is InChI=1S/C16H17BrN2O2/c1-3-21-15-6-10(2)4-5-14(15)19-16(20)11-7-12(17)9-13(18)8-11/h4-9H,3,18H2,1-2H3,(H,19,20). The monoisotopic (exact) mass is 348 g/mol. The van der Waals surface area contributed by atoms with Gasteiger partial charge in [0.2, 0.25) is 0 Å². The predicted octanol–water partition coefficient (Wildman–Crippen LogP) is 3.99. The van der Waals surface area contributed by atoms with E-state index in [4.69, 9.17) is 10.5 Å². The molecule has 0 unspecified atom stereocenters. The largest absolute Gasteiger partial charge is 0.492 e. The second-order valence-electron chi connectivity index (χ2n) is 4.66. The second kappa shape index (κ2) is 6.63. The Morgan fingerprint density at radius 2 is 2.05 bits per heavy atom. The molecule has 0 bridgehead atoms. The van der Waals surface area contributed by atoms with Gasteiger partial charge in [0.25, 0.3) is 5.91 Å². The van der Waals surface area contributed by atoms with Crippen LogP contribution >= 0.6 is 15.9 Å². The van der Waals surface area contributed by atoms with Crippen LogP contribution in [-0.2, 0) is 0 Å². The summed E-state index contributed by atoms with van der Waals surface area (Å²) >= 11 is 3.33. The number of benzene rings is 2. The zero-order chi connectivity index (χ0) is 15.4. The van der Waals surface area contributed by atoms with Gasteiger partial charge in [-0.15, -0.1) is 0 Å². The highest BCUT2D eigenvalue weighted by Crippen LogP contribution is 2.27. The molecule has 0 aliphatic carbocycles. The van der Waals surface area contributed by atoms with Gasteiger partial charge in [-0.1, -0.05) is 22.0 Å². The Hall–Kier alpha value is -2.01. The number of halogens is 1. The van der Waals surface area contributed by atoms with Crippen LogP contribution in [0.5, 0.6) is 5.75 Å². The summed E-state index contributed by atoms with van der Waals surface area (Å²) in [6.07, 6.45) is 0. The first-order chi connectivity index (χ1) is 9.99. The van der Waals surface area contributed by atoms with Crippen LogP contribution in [0.1, 0.15) is 22.8 Å². The van der Waals surface area contributed by atoms with Crippen molar-refractivity contribution in [3.63, 3.8) is 0 Å². The molecule has 0 atom stereocenters. The average molecular weight is 349 g/mol. The summed E-state index contributed by atoms with van der Waals surface area (Å²) in [5.74, 6) is 0.432. The van der Waals surface area contributed by atoms with Gasteiger partial charge in [0.15, 0.2) is 0 Å². The first-order valence-electron chi connectivity index (χ1n) is 6.60. The molecule has 3 N–H and O–H groups in total. The van der Waals surface area contributed by atoms with Crippen molar-refractivity contribution in [1.29, 1.82) is 0 Å². The maximum Gasteiger partial charge on any atom is 0.255 e. The van der Waals surface area contributed by atoms with Crippen LogP contribution in [0.25, 0.3) is 0 Å². The van der Waals surface area contributed by atoms with Gasteiger partial charge in [-0.2, -0.15) is 0 Å². The number of carbonyl (C=O) groups excluding carboxylic acids is 1. The Labute approximate surface area is 132 Å². The molecule has 1 amide bonds. The molecular weight excluding hydrogens is 332 g/mol. The van der Waals surface area contributed by atoms with Crippen LogP contribution in [0.15, 0.2) is 40.9 Å². The number of nitrogens with two attached hydrogens (primary N) is 1. The van der Waals surface area contributed by atoms with E-state index in [9.17, 15) is 4.79 Å². The van der Waals surface area contributed by atoms with Gasteiger partial charge < -0.3 is 15.8 Å². The normalized spacial score (nSPS) is 10.2. The van der Waals surface area contributed by atoms with Gasteiger partial charge in [-0.25, -0.2) is 0 Å². The van der Waals surface area contributed by atoms with E-state index < -0.39 is 0 Å². The van der Waals surface area contributed by atoms with Crippen molar-refractivity contribution in [2.75, 3.05) is 17.7 Å². The minimum Gasteiger partial charge on any atom is -0.492 e. The third kappa shape index (κ3) is 3.98. The minimum absolute atomic E-state index is 0.229. The van der Waals surface area contributed by atoms with E-state index >= 15 is 0 Å². The molecule has 110 valence electrons. The molecule has 2 rings (SSSR count). The van der Waals surface area contributed by atoms with Crippen LogP contribution < -0.4 is 15.8 Å². The summed E-state index contributed by atoms with van der Waals surface area (Å²) in [5, 5.41) is 2.85. The molecule has 0 aliphatic rings. The number of anilines is 2. The number of rotatable bonds is 4. The van der Waals surface area contributed by atoms with Crippen molar-refractivity contribution in [2.24, 2.45) is 0 Å². The maximum absolute atomic E-state index is 12.3. The zero-order valence-electron chi connectivity index (χ0n) is 11.9. The topological polar surface area (TPSA) is 64.3 Å². The number of nitrogens with one attached hydrogen (secondary N) is 1. The summed E-state index contributed by atoms with van der Waals surface area (Å²) in [6, 6.07) is 10.8. The third-order valence-corrected chi connectivity index (χ3v) is 3.33. The highest BCUT2D eigenvalue weighted by Gasteiger charge is 2.11. The number of hydrogen-bond donors (Lipinski definition) is 2. The molecule has 21 heavy (non-hydrogen) atoms. The lowest BCUT2D eigenvalue weighted by atomic mass is 10.1. The minimum atomic E-state index is -0.229. The lowest BCUT2D eigenvalue weighted by molar-refractivity contribution is 0.102. The lowest BCUT2D eigenvalue weighted by Crippen LogP contribution is -2.13. The zero-order valence-corrected chi connectivity index (χ0v) is 13.5. The van der Waals surface area contributed by atoms with Crippen LogP contribution in [0.2, 0.25) is 0 Å². The van der Waals surface area contributed by atoms with Crippen molar-refractivity contribution in [3.8, 4) is 5.75 Å². The SMILES string of the molecule is CCOc1cc(C)ccc1NC(=O)c1cc(N)cc(Br)c1. The van der Waals surface area contributed by atoms with E-state index in [0.717, 1.165) is 10.0 Å². The summed E-state index contributed by atoms with van der Waals surface area (Å²) in [6.45, 7) is 4.42. The Morgan fingerprint density at radius 1 is 1.29 bits per heavy atom. The molecule has 0 fully saturated rings. The van der Waals surface area contributed by atoms with E-state index in [1.54, 1.807) is 18.2 Å². The molecule has 0 spiro atoms. The highest BCUT2D eigenvalue weighted by atomic mass is 79.9. The van der Waals surface area contributed by atoms with E-state index in [0.29, 0.717) is 29.3 Å². The highest BCUT2D eigenvalue weighted by molar-refractivity contribution is 9.10. The van der Waals surface area contributed by atoms with Crippen LogP contribution in [-0.4, -0.2) is 12.5 Å². The van der Waals surface area contributed by atoms with Crippen LogP contribution in [0.3, 0.4) is 0 Å². The summed E-state index contributed by atoms with van der Waals surface area (Å²) in [7, 11) is 0. The van der Waals surface area contributed by atoms with Gasteiger partial charge in [0, 0.05) is 15.7 Å². The van der Waals surface area contributed by atoms with Crippen molar-refractivity contribution >= 4 is 33.2 Å². The number of aryl methyl sites for hydroxylation is 1. The van der Waals surface area contributed by atoms with Crippen molar-refractivity contribution in [3.05, 3.63) is 52.0 Å². The molecule has 0 saturated heterocycles. The smallest absolute Gasteiger partial charge is 0.255 e. The molecule has 2 aromatic rings. The molecule has 5 heteroatoms. The Balaban J connectivity index is 2.26. The van der Waals surface area contributed by atoms with Crippen molar-refractivity contribution < 1.29 is 9.53 Å². The number of hydrogen-bond acceptors (Lipinski definition) is 3. The Bertz CT molecular complexity index is 651. The number of nitrogen functional groups attached to an aromatic ring is 1. The summed E-state index contributed by atoms with van der Waals surface area (Å²) in [5.41, 5.74) is 8.49. The van der Waals surface area contributed by atoms with Crippen molar-refractivity contribution in [2.45, 2.75) is 13.8 Å². The van der Waals surface area contributed by atoms with Crippen LogP contribution in [0.4, 0.5) is 11.4 Å². The number of ether oxygens (including phenoxy) is 1. The first kappa shape index (κ1) is 15.4. The van der Waals surface area contributed by atoms with Gasteiger partial charge in [-0.05, 0) is 49.7 Å². The summed E-state index contributed by atoms with van der Waals surface area (Å²) in [4.78, 5) is 12.3. The quantitative estimate of drug-likeness (QED) is 0.821.